The van der Waals surface area contributed by atoms with E-state index in [9.17, 15) is 4.79 Å². The van der Waals surface area contributed by atoms with Crippen molar-refractivity contribution in [1.82, 2.24) is 10.2 Å². The second kappa shape index (κ2) is 7.92. The summed E-state index contributed by atoms with van der Waals surface area (Å²) in [6.07, 6.45) is 0. The van der Waals surface area contributed by atoms with E-state index >= 15 is 0 Å². The maximum atomic E-state index is 12.1. The molecule has 0 heterocycles. The minimum absolute atomic E-state index is 0.0550. The van der Waals surface area contributed by atoms with Crippen LogP contribution in [0.4, 0.5) is 0 Å². The number of nitrogens with zero attached hydrogens (tertiary/aromatic N) is 1. The second-order valence-corrected chi connectivity index (χ2v) is 5.08. The molecule has 106 valence electrons. The molecule has 1 unspecified atom stereocenters. The molecule has 4 heteroatoms. The van der Waals surface area contributed by atoms with Crippen molar-refractivity contribution in [3.8, 4) is 0 Å². The highest BCUT2D eigenvalue weighted by molar-refractivity contribution is 5.81. The smallest absolute Gasteiger partial charge is 0.237 e. The molecule has 0 bridgehead atoms. The third-order valence-corrected chi connectivity index (χ3v) is 3.00. The molecule has 1 atom stereocenters. The van der Waals surface area contributed by atoms with Crippen LogP contribution in [-0.4, -0.2) is 36.0 Å². The van der Waals surface area contributed by atoms with Gasteiger partial charge >= 0.3 is 0 Å². The molecule has 0 radical (unpaired) electrons. The van der Waals surface area contributed by atoms with E-state index in [1.165, 1.54) is 5.56 Å². The highest BCUT2D eigenvalue weighted by atomic mass is 16.2. The van der Waals surface area contributed by atoms with E-state index in [1.54, 1.807) is 0 Å². The first kappa shape index (κ1) is 15.7. The lowest BCUT2D eigenvalue weighted by Gasteiger charge is -2.28. The molecule has 0 fully saturated rings. The summed E-state index contributed by atoms with van der Waals surface area (Å²) < 4.78 is 0. The van der Waals surface area contributed by atoms with Crippen molar-refractivity contribution < 1.29 is 4.79 Å². The fraction of sp³-hybridized carbons (Fsp3) is 0.533. The highest BCUT2D eigenvalue weighted by Gasteiger charge is 2.21. The lowest BCUT2D eigenvalue weighted by molar-refractivity contribution is -0.126. The number of nitrogens with one attached hydrogen (secondary N) is 1. The monoisotopic (exact) mass is 263 g/mol. The zero-order valence-electron chi connectivity index (χ0n) is 12.1. The Morgan fingerprint density at radius 2 is 1.89 bits per heavy atom. The van der Waals surface area contributed by atoms with Crippen LogP contribution >= 0.6 is 0 Å². The number of rotatable bonds is 7. The summed E-state index contributed by atoms with van der Waals surface area (Å²) in [6, 6.07) is 10.1. The van der Waals surface area contributed by atoms with Crippen LogP contribution < -0.4 is 11.1 Å². The number of carbonyl (C=O) groups excluding carboxylic acids is 1. The molecule has 0 aliphatic heterocycles. The Morgan fingerprint density at radius 1 is 1.26 bits per heavy atom. The quantitative estimate of drug-likeness (QED) is 0.781. The van der Waals surface area contributed by atoms with Gasteiger partial charge in [0.05, 0.1) is 6.04 Å². The Kier molecular flexibility index (Phi) is 6.53. The van der Waals surface area contributed by atoms with E-state index in [4.69, 9.17) is 5.73 Å². The summed E-state index contributed by atoms with van der Waals surface area (Å²) in [4.78, 5) is 14.2. The zero-order chi connectivity index (χ0) is 14.3. The Labute approximate surface area is 116 Å². The predicted octanol–water partition coefficient (Wildman–Crippen LogP) is 1.36. The largest absolute Gasteiger partial charge is 0.353 e. The molecule has 0 spiro atoms. The molecular weight excluding hydrogens is 238 g/mol. The first-order chi connectivity index (χ1) is 9.04. The summed E-state index contributed by atoms with van der Waals surface area (Å²) in [5.74, 6) is 0.0550. The van der Waals surface area contributed by atoms with E-state index < -0.39 is 0 Å². The minimum atomic E-state index is -0.175. The molecule has 0 aromatic heterocycles. The molecule has 0 aliphatic rings. The first-order valence-corrected chi connectivity index (χ1v) is 6.83. The van der Waals surface area contributed by atoms with Gasteiger partial charge in [-0.25, -0.2) is 0 Å². The van der Waals surface area contributed by atoms with Gasteiger partial charge in [0.2, 0.25) is 5.91 Å². The average molecular weight is 263 g/mol. The van der Waals surface area contributed by atoms with Crippen LogP contribution in [0.3, 0.4) is 0 Å². The van der Waals surface area contributed by atoms with Crippen LogP contribution in [-0.2, 0) is 11.3 Å². The van der Waals surface area contributed by atoms with Gasteiger partial charge in [0.1, 0.15) is 0 Å². The number of nitrogens with two attached hydrogens (primary N) is 1. The lowest BCUT2D eigenvalue weighted by atomic mass is 10.1. The van der Waals surface area contributed by atoms with Gasteiger partial charge < -0.3 is 11.1 Å². The van der Waals surface area contributed by atoms with Crippen molar-refractivity contribution >= 4 is 5.91 Å². The molecule has 0 saturated carbocycles. The molecule has 4 nitrogen and oxygen atoms in total. The zero-order valence-corrected chi connectivity index (χ0v) is 12.1. The SMILES string of the molecule is CC(C)NC(=O)C(C)N(CCN)Cc1ccccc1. The molecular formula is C15H25N3O. The maximum Gasteiger partial charge on any atom is 0.237 e. The standard InChI is InChI=1S/C15H25N3O/c1-12(2)17-15(19)13(3)18(10-9-16)11-14-7-5-4-6-8-14/h4-8,12-13H,9-11,16H2,1-3H3,(H,17,19). The van der Waals surface area contributed by atoms with Crippen molar-refractivity contribution in [1.29, 1.82) is 0 Å². The van der Waals surface area contributed by atoms with Gasteiger partial charge in [-0.2, -0.15) is 0 Å². The molecule has 1 aromatic rings. The normalized spacial score (nSPS) is 12.7. The van der Waals surface area contributed by atoms with Crippen LogP contribution in [0, 0.1) is 0 Å². The van der Waals surface area contributed by atoms with Crippen LogP contribution in [0.15, 0.2) is 30.3 Å². The third kappa shape index (κ3) is 5.41. The summed E-state index contributed by atoms with van der Waals surface area (Å²) in [6.45, 7) is 7.86. The van der Waals surface area contributed by atoms with Crippen molar-refractivity contribution in [2.24, 2.45) is 5.73 Å². The van der Waals surface area contributed by atoms with Gasteiger partial charge in [-0.3, -0.25) is 9.69 Å². The number of amides is 1. The number of hydrogen-bond donors (Lipinski definition) is 2. The van der Waals surface area contributed by atoms with E-state index in [0.29, 0.717) is 13.1 Å². The van der Waals surface area contributed by atoms with E-state index in [-0.39, 0.29) is 18.0 Å². The fourth-order valence-corrected chi connectivity index (χ4v) is 1.96. The molecule has 19 heavy (non-hydrogen) atoms. The Morgan fingerprint density at radius 3 is 2.42 bits per heavy atom. The Balaban J connectivity index is 2.68. The van der Waals surface area contributed by atoms with Crippen LogP contribution in [0.5, 0.6) is 0 Å². The van der Waals surface area contributed by atoms with Crippen molar-refractivity contribution in [2.45, 2.75) is 39.4 Å². The van der Waals surface area contributed by atoms with Crippen LogP contribution in [0.2, 0.25) is 0 Å². The Bertz CT molecular complexity index is 378. The van der Waals surface area contributed by atoms with Crippen molar-refractivity contribution in [3.05, 3.63) is 35.9 Å². The first-order valence-electron chi connectivity index (χ1n) is 6.83. The van der Waals surface area contributed by atoms with E-state index in [2.05, 4.69) is 22.3 Å². The van der Waals surface area contributed by atoms with Gasteiger partial charge in [0.25, 0.3) is 0 Å². The predicted molar refractivity (Wildman–Crippen MR) is 78.6 cm³/mol. The van der Waals surface area contributed by atoms with Crippen molar-refractivity contribution in [3.63, 3.8) is 0 Å². The molecule has 1 aromatic carbocycles. The molecule has 1 rings (SSSR count). The molecule has 0 aliphatic carbocycles. The van der Waals surface area contributed by atoms with Crippen molar-refractivity contribution in [2.75, 3.05) is 13.1 Å². The van der Waals surface area contributed by atoms with Gasteiger partial charge in [0, 0.05) is 25.7 Å². The topological polar surface area (TPSA) is 58.4 Å². The number of benzene rings is 1. The summed E-state index contributed by atoms with van der Waals surface area (Å²) >= 11 is 0. The molecule has 3 N–H and O–H groups in total. The van der Waals surface area contributed by atoms with E-state index in [1.807, 2.05) is 39.0 Å². The van der Waals surface area contributed by atoms with Gasteiger partial charge in [-0.1, -0.05) is 30.3 Å². The number of hydrogen-bond acceptors (Lipinski definition) is 3. The lowest BCUT2D eigenvalue weighted by Crippen LogP contribution is -2.48. The van der Waals surface area contributed by atoms with Crippen LogP contribution in [0.1, 0.15) is 26.3 Å². The third-order valence-electron chi connectivity index (χ3n) is 3.00. The molecule has 0 saturated heterocycles. The van der Waals surface area contributed by atoms with Gasteiger partial charge in [-0.15, -0.1) is 0 Å². The van der Waals surface area contributed by atoms with Gasteiger partial charge in [-0.05, 0) is 26.3 Å². The van der Waals surface area contributed by atoms with Gasteiger partial charge in [0.15, 0.2) is 0 Å². The summed E-state index contributed by atoms with van der Waals surface area (Å²) in [5, 5.41) is 2.95. The van der Waals surface area contributed by atoms with Crippen LogP contribution in [0.25, 0.3) is 0 Å². The number of carbonyl (C=O) groups is 1. The average Bonchev–Trinajstić information content (AvgIpc) is 2.38. The Hall–Kier alpha value is -1.39. The minimum Gasteiger partial charge on any atom is -0.353 e. The summed E-state index contributed by atoms with van der Waals surface area (Å²) in [7, 11) is 0. The van der Waals surface area contributed by atoms with E-state index in [0.717, 1.165) is 6.54 Å². The maximum absolute atomic E-state index is 12.1. The second-order valence-electron chi connectivity index (χ2n) is 5.08. The highest BCUT2D eigenvalue weighted by Crippen LogP contribution is 2.08. The fourth-order valence-electron chi connectivity index (χ4n) is 1.96. The summed E-state index contributed by atoms with van der Waals surface area (Å²) in [5.41, 5.74) is 6.84. The molecule has 1 amide bonds.